The van der Waals surface area contributed by atoms with E-state index in [2.05, 4.69) is 10.7 Å². The molecule has 1 saturated heterocycles. The van der Waals surface area contributed by atoms with Crippen LogP contribution in [0.5, 0.6) is 0 Å². The van der Waals surface area contributed by atoms with Crippen molar-refractivity contribution in [1.29, 1.82) is 0 Å². The van der Waals surface area contributed by atoms with Crippen LogP contribution < -0.4 is 10.7 Å². The largest absolute Gasteiger partial charge is 0.474 e. The molecule has 1 fully saturated rings. The first-order chi connectivity index (χ1) is 12.4. The highest BCUT2D eigenvalue weighted by molar-refractivity contribution is 5.89. The number of ether oxygens (including phenoxy) is 1. The number of anilines is 1. The predicted molar refractivity (Wildman–Crippen MR) is 88.5 cm³/mol. The van der Waals surface area contributed by atoms with Crippen LogP contribution in [0.15, 0.2) is 54.3 Å². The van der Waals surface area contributed by atoms with Crippen molar-refractivity contribution in [3.63, 3.8) is 0 Å². The summed E-state index contributed by atoms with van der Waals surface area (Å²) in [4.78, 5) is 12.4. The zero-order chi connectivity index (χ0) is 18.3. The number of amides is 2. The van der Waals surface area contributed by atoms with Gasteiger partial charge < -0.3 is 10.1 Å². The zero-order valence-electron chi connectivity index (χ0n) is 13.4. The van der Waals surface area contributed by atoms with Crippen LogP contribution in [0.2, 0.25) is 0 Å². The molecule has 2 aromatic carbocycles. The minimum Gasteiger partial charge on any atom is -0.474 e. The van der Waals surface area contributed by atoms with Gasteiger partial charge in [0, 0.05) is 5.69 Å². The highest BCUT2D eigenvalue weighted by Gasteiger charge is 2.34. The van der Waals surface area contributed by atoms with Gasteiger partial charge >= 0.3 is 12.2 Å². The molecular formula is C18H14F3N3O2. The fraction of sp³-hybridized carbons (Fsp3) is 0.167. The second kappa shape index (κ2) is 6.06. The minimum absolute atomic E-state index is 0.0111. The van der Waals surface area contributed by atoms with Gasteiger partial charge in [0.15, 0.2) is 6.73 Å². The van der Waals surface area contributed by atoms with Crippen LogP contribution in [-0.2, 0) is 10.9 Å². The summed E-state index contributed by atoms with van der Waals surface area (Å²) in [6.45, 7) is -0.0111. The fourth-order valence-corrected chi connectivity index (χ4v) is 2.94. The second-order valence-electron chi connectivity index (χ2n) is 5.94. The van der Waals surface area contributed by atoms with Crippen LogP contribution in [0.3, 0.4) is 0 Å². The Kier molecular flexibility index (Phi) is 3.84. The summed E-state index contributed by atoms with van der Waals surface area (Å²) in [6.07, 6.45) is -2.50. The van der Waals surface area contributed by atoms with Crippen molar-refractivity contribution in [1.82, 2.24) is 10.4 Å². The Morgan fingerprint density at radius 3 is 2.62 bits per heavy atom. The molecule has 0 aromatic heterocycles. The van der Waals surface area contributed by atoms with Gasteiger partial charge in [-0.1, -0.05) is 24.3 Å². The number of halogens is 3. The predicted octanol–water partition coefficient (Wildman–Crippen LogP) is 4.13. The molecule has 4 rings (SSSR count). The van der Waals surface area contributed by atoms with E-state index in [9.17, 15) is 18.0 Å². The molecule has 1 aliphatic carbocycles. The molecule has 0 bridgehead atoms. The molecule has 1 unspecified atom stereocenters. The molecule has 0 saturated carbocycles. The molecular weight excluding hydrogens is 347 g/mol. The Hall–Kier alpha value is -3.00. The molecule has 2 amide bonds. The number of hydrogen-bond donors (Lipinski definition) is 2. The Labute approximate surface area is 147 Å². The van der Waals surface area contributed by atoms with Gasteiger partial charge in [-0.3, -0.25) is 0 Å². The van der Waals surface area contributed by atoms with E-state index < -0.39 is 17.8 Å². The number of hydrazine groups is 1. The Morgan fingerprint density at radius 2 is 1.88 bits per heavy atom. The van der Waals surface area contributed by atoms with E-state index in [1.54, 1.807) is 0 Å². The van der Waals surface area contributed by atoms with E-state index in [0.29, 0.717) is 0 Å². The maximum atomic E-state index is 12.6. The molecule has 2 N–H and O–H groups in total. The average molecular weight is 361 g/mol. The van der Waals surface area contributed by atoms with E-state index in [-0.39, 0.29) is 18.5 Å². The van der Waals surface area contributed by atoms with Gasteiger partial charge in [0.1, 0.15) is 11.8 Å². The van der Waals surface area contributed by atoms with Crippen LogP contribution in [0.4, 0.5) is 23.7 Å². The average Bonchev–Trinajstić information content (AvgIpc) is 2.99. The number of hydrogen-bond acceptors (Lipinski definition) is 3. The summed E-state index contributed by atoms with van der Waals surface area (Å²) >= 11 is 0. The van der Waals surface area contributed by atoms with Crippen molar-refractivity contribution in [2.75, 3.05) is 12.0 Å². The maximum absolute atomic E-state index is 12.6. The van der Waals surface area contributed by atoms with E-state index >= 15 is 0 Å². The Balaban J connectivity index is 1.44. The smallest absolute Gasteiger partial charge is 0.416 e. The Bertz CT molecular complexity index is 878. The molecule has 26 heavy (non-hydrogen) atoms. The molecule has 0 spiro atoms. The van der Waals surface area contributed by atoms with Crippen molar-refractivity contribution < 1.29 is 22.7 Å². The number of fused-ring (bicyclic) bond motifs is 3. The first kappa shape index (κ1) is 16.5. The summed E-state index contributed by atoms with van der Waals surface area (Å²) in [6, 6.07) is 11.2. The maximum Gasteiger partial charge on any atom is 0.416 e. The van der Waals surface area contributed by atoms with Crippen molar-refractivity contribution in [3.05, 3.63) is 71.0 Å². The monoisotopic (exact) mass is 361 g/mol. The van der Waals surface area contributed by atoms with Crippen molar-refractivity contribution in [2.24, 2.45) is 0 Å². The van der Waals surface area contributed by atoms with Gasteiger partial charge in [-0.05, 0) is 41.5 Å². The van der Waals surface area contributed by atoms with Crippen LogP contribution in [0.1, 0.15) is 22.7 Å². The third-order valence-corrected chi connectivity index (χ3v) is 4.24. The lowest BCUT2D eigenvalue weighted by Gasteiger charge is -2.34. The second-order valence-corrected chi connectivity index (χ2v) is 5.94. The van der Waals surface area contributed by atoms with E-state index in [1.807, 2.05) is 30.3 Å². The zero-order valence-corrected chi connectivity index (χ0v) is 13.4. The molecule has 2 aliphatic rings. The van der Waals surface area contributed by atoms with Crippen molar-refractivity contribution in [3.8, 4) is 0 Å². The van der Waals surface area contributed by atoms with Crippen molar-refractivity contribution in [2.45, 2.75) is 12.2 Å². The molecule has 1 atom stereocenters. The number of benzene rings is 2. The van der Waals surface area contributed by atoms with E-state index in [4.69, 9.17) is 4.74 Å². The molecule has 5 nitrogen and oxygen atoms in total. The number of alkyl halides is 3. The van der Waals surface area contributed by atoms with Gasteiger partial charge in [-0.15, -0.1) is 0 Å². The first-order valence-electron chi connectivity index (χ1n) is 7.87. The number of nitrogens with one attached hydrogen (secondary N) is 2. The molecule has 134 valence electrons. The lowest BCUT2D eigenvalue weighted by molar-refractivity contribution is -0.137. The lowest BCUT2D eigenvalue weighted by Crippen LogP contribution is -2.51. The SMILES string of the molecule is O=C(Nc1ccc(C(F)(F)F)cc1)N1COC2=Cc3ccccc3C2N1. The first-order valence-corrected chi connectivity index (χ1v) is 7.87. The molecule has 0 radical (unpaired) electrons. The fourth-order valence-electron chi connectivity index (χ4n) is 2.94. The number of urea groups is 1. The van der Waals surface area contributed by atoms with Crippen molar-refractivity contribution >= 4 is 17.8 Å². The van der Waals surface area contributed by atoms with Crippen LogP contribution in [-0.4, -0.2) is 17.8 Å². The molecule has 2 aromatic rings. The number of carbonyl (C=O) groups excluding carboxylic acids is 1. The number of carbonyl (C=O) groups is 1. The molecule has 1 heterocycles. The number of rotatable bonds is 1. The van der Waals surface area contributed by atoms with Gasteiger partial charge in [0.25, 0.3) is 0 Å². The normalized spacial score (nSPS) is 18.5. The summed E-state index contributed by atoms with van der Waals surface area (Å²) in [5.41, 5.74) is 4.58. The van der Waals surface area contributed by atoms with Crippen LogP contribution >= 0.6 is 0 Å². The third-order valence-electron chi connectivity index (χ3n) is 4.24. The van der Waals surface area contributed by atoms with E-state index in [1.165, 1.54) is 17.1 Å². The summed E-state index contributed by atoms with van der Waals surface area (Å²) in [7, 11) is 0. The summed E-state index contributed by atoms with van der Waals surface area (Å²) < 4.78 is 43.4. The standard InChI is InChI=1S/C18H14F3N3O2/c19-18(20,21)12-5-7-13(8-6-12)22-17(25)24-10-26-15-9-11-3-1-2-4-14(11)16(15)23-24/h1-9,16,23H,10H2,(H,22,25). The van der Waals surface area contributed by atoms with Gasteiger partial charge in [-0.2, -0.15) is 13.2 Å². The van der Waals surface area contributed by atoms with Crippen LogP contribution in [0.25, 0.3) is 6.08 Å². The van der Waals surface area contributed by atoms with Gasteiger partial charge in [0.2, 0.25) is 0 Å². The number of nitrogens with zero attached hydrogens (tertiary/aromatic N) is 1. The quantitative estimate of drug-likeness (QED) is 0.803. The lowest BCUT2D eigenvalue weighted by atomic mass is 10.1. The minimum atomic E-state index is -4.41. The van der Waals surface area contributed by atoms with Gasteiger partial charge in [0.05, 0.1) is 5.56 Å². The van der Waals surface area contributed by atoms with E-state index in [0.717, 1.165) is 29.0 Å². The Morgan fingerprint density at radius 1 is 1.15 bits per heavy atom. The summed E-state index contributed by atoms with van der Waals surface area (Å²) in [5.74, 6) is 0.727. The highest BCUT2D eigenvalue weighted by Crippen LogP contribution is 2.37. The molecule has 8 heteroatoms. The molecule has 1 aliphatic heterocycles. The van der Waals surface area contributed by atoms with Gasteiger partial charge in [-0.25, -0.2) is 15.2 Å². The summed E-state index contributed by atoms with van der Waals surface area (Å²) in [5, 5.41) is 3.80. The topological polar surface area (TPSA) is 53.6 Å². The van der Waals surface area contributed by atoms with Crippen LogP contribution in [0, 0.1) is 0 Å². The third kappa shape index (κ3) is 2.99. The highest BCUT2D eigenvalue weighted by atomic mass is 19.4.